The van der Waals surface area contributed by atoms with E-state index < -0.39 is 0 Å². The number of carbonyl (C=O) groups is 2. The number of nitrogens with one attached hydrogen (secondary N) is 1. The van der Waals surface area contributed by atoms with E-state index in [-0.39, 0.29) is 23.9 Å². The van der Waals surface area contributed by atoms with Crippen LogP contribution >= 0.6 is 0 Å². The molecule has 1 heterocycles. The molecular weight excluding hydrogens is 264 g/mol. The molecule has 2 fully saturated rings. The van der Waals surface area contributed by atoms with Crippen LogP contribution in [0.3, 0.4) is 0 Å². The van der Waals surface area contributed by atoms with E-state index in [1.807, 2.05) is 23.1 Å². The standard InChI is InChI=1S/C17H22N2O2/c1-2-14(12-6-4-3-5-7-12)19-11-10-15(20)18-16(17(19)21)13-8-9-13/h3-7,13-14,16H,2,8-11H2,1H3,(H,18,20). The van der Waals surface area contributed by atoms with E-state index in [0.29, 0.717) is 18.9 Å². The van der Waals surface area contributed by atoms with Crippen LogP contribution in [0.1, 0.15) is 44.2 Å². The van der Waals surface area contributed by atoms with Crippen molar-refractivity contribution < 1.29 is 9.59 Å². The molecular formula is C17H22N2O2. The zero-order valence-electron chi connectivity index (χ0n) is 12.4. The number of nitrogens with zero attached hydrogens (tertiary/aromatic N) is 1. The van der Waals surface area contributed by atoms with Crippen LogP contribution in [0.4, 0.5) is 0 Å². The van der Waals surface area contributed by atoms with Crippen molar-refractivity contribution in [2.45, 2.75) is 44.7 Å². The lowest BCUT2D eigenvalue weighted by atomic mass is 10.0. The molecule has 2 amide bonds. The summed E-state index contributed by atoms with van der Waals surface area (Å²) < 4.78 is 0. The lowest BCUT2D eigenvalue weighted by Gasteiger charge is -2.32. The van der Waals surface area contributed by atoms with Crippen LogP contribution in [0, 0.1) is 5.92 Å². The average Bonchev–Trinajstić information content (AvgIpc) is 3.33. The Morgan fingerprint density at radius 2 is 1.95 bits per heavy atom. The van der Waals surface area contributed by atoms with Crippen molar-refractivity contribution in [1.82, 2.24) is 10.2 Å². The third-order valence-corrected chi connectivity index (χ3v) is 4.49. The van der Waals surface area contributed by atoms with Gasteiger partial charge in [0.25, 0.3) is 0 Å². The summed E-state index contributed by atoms with van der Waals surface area (Å²) in [5, 5.41) is 2.92. The number of amides is 2. The maximum absolute atomic E-state index is 12.9. The van der Waals surface area contributed by atoms with Crippen molar-refractivity contribution >= 4 is 11.8 Å². The first-order chi connectivity index (χ1) is 10.2. The molecule has 1 aliphatic carbocycles. The molecule has 0 bridgehead atoms. The molecule has 0 radical (unpaired) electrons. The predicted octanol–water partition coefficient (Wildman–Crippen LogP) is 2.26. The predicted molar refractivity (Wildman–Crippen MR) is 80.5 cm³/mol. The molecule has 2 aliphatic rings. The van der Waals surface area contributed by atoms with Crippen molar-refractivity contribution in [3.05, 3.63) is 35.9 Å². The number of hydrogen-bond acceptors (Lipinski definition) is 2. The van der Waals surface area contributed by atoms with Gasteiger partial charge in [-0.3, -0.25) is 9.59 Å². The van der Waals surface area contributed by atoms with Gasteiger partial charge in [-0.1, -0.05) is 37.3 Å². The van der Waals surface area contributed by atoms with Gasteiger partial charge in [0.2, 0.25) is 11.8 Å². The molecule has 4 nitrogen and oxygen atoms in total. The Bertz CT molecular complexity index is 525. The van der Waals surface area contributed by atoms with E-state index in [9.17, 15) is 9.59 Å². The van der Waals surface area contributed by atoms with Gasteiger partial charge in [-0.15, -0.1) is 0 Å². The fourth-order valence-corrected chi connectivity index (χ4v) is 3.19. The summed E-state index contributed by atoms with van der Waals surface area (Å²) in [5.74, 6) is 0.444. The molecule has 1 aromatic rings. The van der Waals surface area contributed by atoms with Gasteiger partial charge in [-0.2, -0.15) is 0 Å². The molecule has 0 aromatic heterocycles. The Hall–Kier alpha value is -1.84. The van der Waals surface area contributed by atoms with E-state index in [2.05, 4.69) is 24.4 Å². The highest BCUT2D eigenvalue weighted by atomic mass is 16.2. The molecule has 1 aliphatic heterocycles. The Kier molecular flexibility index (Phi) is 3.95. The summed E-state index contributed by atoms with van der Waals surface area (Å²) >= 11 is 0. The first-order valence-corrected chi connectivity index (χ1v) is 7.85. The quantitative estimate of drug-likeness (QED) is 0.923. The van der Waals surface area contributed by atoms with Crippen LogP contribution in [-0.2, 0) is 9.59 Å². The second-order valence-electron chi connectivity index (χ2n) is 6.00. The zero-order chi connectivity index (χ0) is 14.8. The molecule has 0 spiro atoms. The molecule has 112 valence electrons. The lowest BCUT2D eigenvalue weighted by molar-refractivity contribution is -0.136. The Balaban J connectivity index is 1.87. The summed E-state index contributed by atoms with van der Waals surface area (Å²) in [7, 11) is 0. The summed E-state index contributed by atoms with van der Waals surface area (Å²) in [6, 6.07) is 9.87. The largest absolute Gasteiger partial charge is 0.344 e. The minimum absolute atomic E-state index is 0.00525. The Morgan fingerprint density at radius 3 is 2.57 bits per heavy atom. The van der Waals surface area contributed by atoms with Crippen LogP contribution in [0.5, 0.6) is 0 Å². The van der Waals surface area contributed by atoms with Gasteiger partial charge in [-0.25, -0.2) is 0 Å². The monoisotopic (exact) mass is 286 g/mol. The number of hydrogen-bond donors (Lipinski definition) is 1. The second kappa shape index (κ2) is 5.88. The molecule has 4 heteroatoms. The summed E-state index contributed by atoms with van der Waals surface area (Å²) in [6.45, 7) is 2.61. The average molecular weight is 286 g/mol. The Morgan fingerprint density at radius 1 is 1.24 bits per heavy atom. The highest BCUT2D eigenvalue weighted by Gasteiger charge is 2.42. The maximum atomic E-state index is 12.9. The fourth-order valence-electron chi connectivity index (χ4n) is 3.19. The summed E-state index contributed by atoms with van der Waals surface area (Å²) in [5.41, 5.74) is 1.15. The van der Waals surface area contributed by atoms with Crippen LogP contribution in [0.15, 0.2) is 30.3 Å². The van der Waals surface area contributed by atoms with Gasteiger partial charge in [0, 0.05) is 13.0 Å². The third-order valence-electron chi connectivity index (χ3n) is 4.49. The molecule has 3 rings (SSSR count). The lowest BCUT2D eigenvalue weighted by Crippen LogP contribution is -2.47. The highest BCUT2D eigenvalue weighted by molar-refractivity contribution is 5.90. The smallest absolute Gasteiger partial charge is 0.245 e. The molecule has 1 aromatic carbocycles. The van der Waals surface area contributed by atoms with Gasteiger partial charge in [0.1, 0.15) is 6.04 Å². The summed E-state index contributed by atoms with van der Waals surface area (Å²) in [6.07, 6.45) is 3.36. The van der Waals surface area contributed by atoms with E-state index in [4.69, 9.17) is 0 Å². The van der Waals surface area contributed by atoms with Crippen molar-refractivity contribution in [3.63, 3.8) is 0 Å². The van der Waals surface area contributed by atoms with Crippen molar-refractivity contribution in [2.24, 2.45) is 5.92 Å². The minimum atomic E-state index is -0.308. The van der Waals surface area contributed by atoms with Gasteiger partial charge in [0.05, 0.1) is 6.04 Å². The van der Waals surface area contributed by atoms with Crippen molar-refractivity contribution in [3.8, 4) is 0 Å². The minimum Gasteiger partial charge on any atom is -0.344 e. The summed E-state index contributed by atoms with van der Waals surface area (Å²) in [4.78, 5) is 26.6. The first kappa shape index (κ1) is 14.1. The van der Waals surface area contributed by atoms with Crippen molar-refractivity contribution in [1.29, 1.82) is 0 Å². The number of rotatable bonds is 4. The van der Waals surface area contributed by atoms with E-state index in [1.165, 1.54) is 0 Å². The number of carbonyl (C=O) groups excluding carboxylic acids is 2. The molecule has 2 atom stereocenters. The molecule has 1 saturated heterocycles. The third kappa shape index (κ3) is 2.94. The molecule has 1 saturated carbocycles. The van der Waals surface area contributed by atoms with Gasteiger partial charge in [-0.05, 0) is 30.7 Å². The normalized spacial score (nSPS) is 24.4. The second-order valence-corrected chi connectivity index (χ2v) is 6.00. The van der Waals surface area contributed by atoms with Crippen LogP contribution in [0.2, 0.25) is 0 Å². The molecule has 1 N–H and O–H groups in total. The van der Waals surface area contributed by atoms with E-state index in [0.717, 1.165) is 24.8 Å². The molecule has 2 unspecified atom stereocenters. The first-order valence-electron chi connectivity index (χ1n) is 7.85. The van der Waals surface area contributed by atoms with Gasteiger partial charge in [0.15, 0.2) is 0 Å². The number of benzene rings is 1. The van der Waals surface area contributed by atoms with E-state index in [1.54, 1.807) is 0 Å². The SMILES string of the molecule is CCC(c1ccccc1)N1CCC(=O)NC(C2CC2)C1=O. The topological polar surface area (TPSA) is 49.4 Å². The fraction of sp³-hybridized carbons (Fsp3) is 0.529. The van der Waals surface area contributed by atoms with Crippen LogP contribution in [-0.4, -0.2) is 29.3 Å². The zero-order valence-corrected chi connectivity index (χ0v) is 12.4. The van der Waals surface area contributed by atoms with Gasteiger partial charge < -0.3 is 10.2 Å². The highest BCUT2D eigenvalue weighted by Crippen LogP contribution is 2.36. The molecule has 21 heavy (non-hydrogen) atoms. The van der Waals surface area contributed by atoms with Crippen LogP contribution < -0.4 is 5.32 Å². The maximum Gasteiger partial charge on any atom is 0.245 e. The Labute approximate surface area is 125 Å². The van der Waals surface area contributed by atoms with Gasteiger partial charge >= 0.3 is 0 Å². The van der Waals surface area contributed by atoms with Crippen molar-refractivity contribution in [2.75, 3.05) is 6.54 Å². The van der Waals surface area contributed by atoms with E-state index >= 15 is 0 Å². The van der Waals surface area contributed by atoms with Crippen LogP contribution in [0.25, 0.3) is 0 Å².